The van der Waals surface area contributed by atoms with Crippen LogP contribution < -0.4 is 16.4 Å². The lowest BCUT2D eigenvalue weighted by Gasteiger charge is -2.35. The van der Waals surface area contributed by atoms with Gasteiger partial charge >= 0.3 is 0 Å². The van der Waals surface area contributed by atoms with Crippen LogP contribution in [0, 0.1) is 12.3 Å². The Morgan fingerprint density at radius 3 is 2.45 bits per heavy atom. The average Bonchev–Trinajstić information content (AvgIpc) is 3.58. The lowest BCUT2D eigenvalue weighted by atomic mass is 9.85. The normalized spacial score (nSPS) is 16.1. The van der Waals surface area contributed by atoms with Gasteiger partial charge in [0.25, 0.3) is 0 Å². The maximum atomic E-state index is 13.6. The maximum absolute atomic E-state index is 13.6. The van der Waals surface area contributed by atoms with Crippen molar-refractivity contribution in [1.82, 2.24) is 20.5 Å². The number of nitrogens with one attached hydrogen (secondary N) is 2. The summed E-state index contributed by atoms with van der Waals surface area (Å²) in [6.07, 6.45) is 1.45. The molecule has 10 nitrogen and oxygen atoms in total. The van der Waals surface area contributed by atoms with E-state index in [0.29, 0.717) is 45.9 Å². The predicted molar refractivity (Wildman–Crippen MR) is 156 cm³/mol. The highest BCUT2D eigenvalue weighted by molar-refractivity contribution is 7.13. The highest BCUT2D eigenvalue weighted by atomic mass is 32.1. The molecule has 2 atom stereocenters. The van der Waals surface area contributed by atoms with Crippen molar-refractivity contribution in [2.45, 2.75) is 65.6 Å². The summed E-state index contributed by atoms with van der Waals surface area (Å²) < 4.78 is 10.7. The first-order chi connectivity index (χ1) is 19.1. The number of nitrogens with zero attached hydrogens (tertiary/aromatic N) is 2. The van der Waals surface area contributed by atoms with Crippen molar-refractivity contribution in [3.05, 3.63) is 41.0 Å². The van der Waals surface area contributed by atoms with Crippen LogP contribution >= 0.6 is 11.3 Å². The Morgan fingerprint density at radius 2 is 1.82 bits per heavy atom. The van der Waals surface area contributed by atoms with Crippen LogP contribution in [0.3, 0.4) is 0 Å². The minimum absolute atomic E-state index is 0.127. The molecule has 0 aliphatic carbocycles. The molecule has 11 heteroatoms. The van der Waals surface area contributed by atoms with E-state index in [2.05, 4.69) is 15.6 Å². The zero-order valence-corrected chi connectivity index (χ0v) is 24.9. The first-order valence-corrected chi connectivity index (χ1v) is 14.7. The fraction of sp³-hybridized carbons (Fsp3) is 0.586. The SMILES string of the molecule is Cc1ncsc1-c1ccc(CNC(=O)C2CCCN2C(=O)C(NC(=O)CCOCCOCCN)C(C)(C)C)cc1. The van der Waals surface area contributed by atoms with E-state index in [1.807, 2.05) is 57.5 Å². The first kappa shape index (κ1) is 31.7. The largest absolute Gasteiger partial charge is 0.379 e. The number of aromatic nitrogens is 1. The second-order valence-electron chi connectivity index (χ2n) is 11.0. The molecule has 40 heavy (non-hydrogen) atoms. The molecule has 1 aliphatic heterocycles. The quantitative estimate of drug-likeness (QED) is 0.296. The molecule has 1 fully saturated rings. The summed E-state index contributed by atoms with van der Waals surface area (Å²) in [6, 6.07) is 6.73. The van der Waals surface area contributed by atoms with Crippen LogP contribution in [0.5, 0.6) is 0 Å². The number of carbonyl (C=O) groups is 3. The van der Waals surface area contributed by atoms with Crippen LogP contribution in [0.25, 0.3) is 10.4 Å². The van der Waals surface area contributed by atoms with Gasteiger partial charge in [0.05, 0.1) is 42.5 Å². The Morgan fingerprint density at radius 1 is 1.12 bits per heavy atom. The Balaban J connectivity index is 1.53. The van der Waals surface area contributed by atoms with Gasteiger partial charge in [0, 0.05) is 26.1 Å². The maximum Gasteiger partial charge on any atom is 0.246 e. The number of benzene rings is 1. The fourth-order valence-electron chi connectivity index (χ4n) is 4.58. The van der Waals surface area contributed by atoms with Gasteiger partial charge in [-0.15, -0.1) is 11.3 Å². The molecule has 2 aromatic rings. The molecule has 3 amide bonds. The Bertz CT molecular complexity index is 1110. The van der Waals surface area contributed by atoms with Gasteiger partial charge in [0.2, 0.25) is 17.7 Å². The molecule has 1 aromatic heterocycles. The summed E-state index contributed by atoms with van der Waals surface area (Å²) >= 11 is 1.60. The summed E-state index contributed by atoms with van der Waals surface area (Å²) in [4.78, 5) is 46.5. The van der Waals surface area contributed by atoms with Crippen LogP contribution in [0.15, 0.2) is 29.8 Å². The third kappa shape index (κ3) is 9.09. The first-order valence-electron chi connectivity index (χ1n) is 13.8. The van der Waals surface area contributed by atoms with Crippen molar-refractivity contribution in [1.29, 1.82) is 0 Å². The second-order valence-corrected chi connectivity index (χ2v) is 11.9. The van der Waals surface area contributed by atoms with Crippen molar-refractivity contribution in [3.63, 3.8) is 0 Å². The van der Waals surface area contributed by atoms with Gasteiger partial charge in [-0.05, 0) is 36.3 Å². The van der Waals surface area contributed by atoms with Crippen molar-refractivity contribution in [2.24, 2.45) is 11.1 Å². The third-order valence-electron chi connectivity index (χ3n) is 6.79. The van der Waals surface area contributed by atoms with Crippen molar-refractivity contribution in [2.75, 3.05) is 39.5 Å². The molecule has 1 aromatic carbocycles. The monoisotopic (exact) mass is 573 g/mol. The summed E-state index contributed by atoms with van der Waals surface area (Å²) in [6.45, 7) is 10.5. The number of carbonyl (C=O) groups excluding carboxylic acids is 3. The lowest BCUT2D eigenvalue weighted by Crippen LogP contribution is -2.57. The Labute approximate surface area is 241 Å². The van der Waals surface area contributed by atoms with Gasteiger partial charge in [-0.2, -0.15) is 0 Å². The molecule has 2 heterocycles. The molecule has 3 rings (SSSR count). The van der Waals surface area contributed by atoms with Gasteiger partial charge in [0.15, 0.2) is 0 Å². The molecule has 220 valence electrons. The zero-order valence-electron chi connectivity index (χ0n) is 24.0. The minimum Gasteiger partial charge on any atom is -0.379 e. The van der Waals surface area contributed by atoms with E-state index in [0.717, 1.165) is 28.1 Å². The topological polar surface area (TPSA) is 136 Å². The van der Waals surface area contributed by atoms with E-state index in [1.54, 1.807) is 16.2 Å². The average molecular weight is 574 g/mol. The predicted octanol–water partition coefficient (Wildman–Crippen LogP) is 2.64. The van der Waals surface area contributed by atoms with Crippen LogP contribution in [0.2, 0.25) is 0 Å². The highest BCUT2D eigenvalue weighted by Gasteiger charge is 2.41. The standard InChI is InChI=1S/C29H43N5O5S/c1-20-25(40-19-32-20)22-9-7-21(8-10-22)18-31-27(36)23-6-5-13-34(23)28(37)26(29(2,3)4)33-24(35)11-14-38-16-17-39-15-12-30/h7-10,19,23,26H,5-6,11-18,30H2,1-4H3,(H,31,36)(H,33,35). The van der Waals surface area contributed by atoms with Crippen molar-refractivity contribution in [3.8, 4) is 10.4 Å². The molecule has 0 bridgehead atoms. The number of ether oxygens (including phenoxy) is 2. The van der Waals surface area contributed by atoms with Gasteiger partial charge in [0.1, 0.15) is 12.1 Å². The summed E-state index contributed by atoms with van der Waals surface area (Å²) in [7, 11) is 0. The third-order valence-corrected chi connectivity index (χ3v) is 7.77. The van der Waals surface area contributed by atoms with Crippen LogP contribution in [0.4, 0.5) is 0 Å². The van der Waals surface area contributed by atoms with Crippen LogP contribution in [-0.4, -0.2) is 79.2 Å². The van der Waals surface area contributed by atoms with E-state index in [4.69, 9.17) is 15.2 Å². The number of aryl methyl sites for hydroxylation is 1. The summed E-state index contributed by atoms with van der Waals surface area (Å²) in [5.41, 5.74) is 9.74. The number of thiazole rings is 1. The fourth-order valence-corrected chi connectivity index (χ4v) is 5.39. The molecule has 4 N–H and O–H groups in total. The van der Waals surface area contributed by atoms with Crippen LogP contribution in [-0.2, 0) is 30.4 Å². The molecule has 1 aliphatic rings. The molecule has 2 unspecified atom stereocenters. The zero-order chi connectivity index (χ0) is 29.1. The molecular formula is C29H43N5O5S. The van der Waals surface area contributed by atoms with Crippen molar-refractivity contribution < 1.29 is 23.9 Å². The summed E-state index contributed by atoms with van der Waals surface area (Å²) in [5, 5.41) is 5.89. The number of likely N-dealkylation sites (tertiary alicyclic amines) is 1. The van der Waals surface area contributed by atoms with Gasteiger partial charge < -0.3 is 30.7 Å². The lowest BCUT2D eigenvalue weighted by molar-refractivity contribution is -0.144. The smallest absolute Gasteiger partial charge is 0.246 e. The summed E-state index contributed by atoms with van der Waals surface area (Å²) in [5.74, 6) is -0.690. The Hall–Kier alpha value is -2.86. The molecular weight excluding hydrogens is 530 g/mol. The number of hydrogen-bond donors (Lipinski definition) is 3. The number of hydrogen-bond acceptors (Lipinski definition) is 8. The van der Waals surface area contributed by atoms with Gasteiger partial charge in [-0.3, -0.25) is 14.4 Å². The number of amides is 3. The van der Waals surface area contributed by atoms with E-state index in [9.17, 15) is 14.4 Å². The molecule has 1 saturated heterocycles. The van der Waals surface area contributed by atoms with Gasteiger partial charge in [-0.25, -0.2) is 4.98 Å². The number of rotatable bonds is 14. The molecule has 0 saturated carbocycles. The van der Waals surface area contributed by atoms with Crippen molar-refractivity contribution >= 4 is 29.1 Å². The van der Waals surface area contributed by atoms with Gasteiger partial charge in [-0.1, -0.05) is 45.0 Å². The Kier molecular flexibility index (Phi) is 12.1. The molecule has 0 spiro atoms. The van der Waals surface area contributed by atoms with E-state index >= 15 is 0 Å². The number of nitrogens with two attached hydrogens (primary N) is 1. The van der Waals surface area contributed by atoms with Crippen LogP contribution in [0.1, 0.15) is 51.3 Å². The minimum atomic E-state index is -0.760. The molecule has 0 radical (unpaired) electrons. The van der Waals surface area contributed by atoms with E-state index < -0.39 is 17.5 Å². The van der Waals surface area contributed by atoms with E-state index in [1.165, 1.54) is 0 Å². The van der Waals surface area contributed by atoms with E-state index in [-0.39, 0.29) is 30.7 Å². The second kappa shape index (κ2) is 15.2. The highest BCUT2D eigenvalue weighted by Crippen LogP contribution is 2.28.